The van der Waals surface area contributed by atoms with Crippen molar-refractivity contribution in [3.05, 3.63) is 30.5 Å². The summed E-state index contributed by atoms with van der Waals surface area (Å²) in [4.78, 5) is 0. The molecule has 0 fully saturated rings. The topological polar surface area (TPSA) is 22.0 Å². The van der Waals surface area contributed by atoms with Gasteiger partial charge in [-0.15, -0.1) is 0 Å². The first-order valence-electron chi connectivity index (χ1n) is 4.07. The van der Waals surface area contributed by atoms with E-state index >= 15 is 0 Å². The second kappa shape index (κ2) is 2.63. The molecule has 0 saturated heterocycles. The lowest BCUT2D eigenvalue weighted by atomic mass is 10.6. The van der Waals surface area contributed by atoms with Gasteiger partial charge in [-0.3, -0.25) is 0 Å². The highest BCUT2D eigenvalue weighted by atomic mass is 31.2. The van der Waals surface area contributed by atoms with Crippen LogP contribution in [0, 0.1) is 0 Å². The molecule has 1 aromatic rings. The maximum absolute atomic E-state index is 12.2. The summed E-state index contributed by atoms with van der Waals surface area (Å²) in [6.45, 7) is 0. The molecule has 3 heteroatoms. The molecule has 2 rings (SSSR count). The van der Waals surface area contributed by atoms with Gasteiger partial charge in [-0.05, 0) is 12.1 Å². The van der Waals surface area contributed by atoms with Crippen LogP contribution in [0.15, 0.2) is 30.5 Å². The highest BCUT2D eigenvalue weighted by Crippen LogP contribution is 2.47. The Labute approximate surface area is 72.3 Å². The smallest absolute Gasteiger partial charge is 0.138 e. The van der Waals surface area contributed by atoms with Crippen LogP contribution in [-0.2, 0) is 11.6 Å². The predicted octanol–water partition coefficient (Wildman–Crippen LogP) is 1.58. The molecule has 0 aliphatic carbocycles. The van der Waals surface area contributed by atoms with Crippen LogP contribution < -0.4 is 5.44 Å². The van der Waals surface area contributed by atoms with E-state index < -0.39 is 7.14 Å². The Balaban J connectivity index is 2.43. The molecule has 0 N–H and O–H groups in total. The van der Waals surface area contributed by atoms with Gasteiger partial charge in [-0.2, -0.15) is 0 Å². The summed E-state index contributed by atoms with van der Waals surface area (Å²) < 4.78 is 14.2. The summed E-state index contributed by atoms with van der Waals surface area (Å²) in [5.41, 5.74) is 1.01. The van der Waals surface area contributed by atoms with Crippen LogP contribution in [0.1, 0.15) is 0 Å². The Morgan fingerprint density at radius 1 is 1.42 bits per heavy atom. The molecule has 0 amide bonds. The highest BCUT2D eigenvalue weighted by Gasteiger charge is 2.27. The van der Waals surface area contributed by atoms with E-state index in [0.29, 0.717) is 0 Å². The number of aryl methyl sites for hydroxylation is 1. The van der Waals surface area contributed by atoms with Crippen LogP contribution in [-0.4, -0.2) is 16.9 Å². The van der Waals surface area contributed by atoms with Crippen molar-refractivity contribution in [2.24, 2.45) is 7.05 Å². The first-order valence-corrected chi connectivity index (χ1v) is 6.15. The maximum Gasteiger partial charge on any atom is 0.138 e. The summed E-state index contributed by atoms with van der Waals surface area (Å²) in [7, 11) is -0.109. The standard InChI is InChI=1S/C9H12NOP/c1-10-6-4-5-9(10)12(11)7-2-3-8-12/h2-6H,7-8H2,1H3. The Bertz CT molecular complexity index is 352. The van der Waals surface area contributed by atoms with E-state index in [1.165, 1.54) is 0 Å². The van der Waals surface area contributed by atoms with Crippen LogP contribution in [0.2, 0.25) is 0 Å². The maximum atomic E-state index is 12.2. The molecule has 1 aliphatic heterocycles. The molecule has 0 atom stereocenters. The van der Waals surface area contributed by atoms with Crippen molar-refractivity contribution in [2.45, 2.75) is 0 Å². The number of allylic oxidation sites excluding steroid dienone is 2. The minimum absolute atomic E-state index is 0.741. The van der Waals surface area contributed by atoms with E-state index in [-0.39, 0.29) is 0 Å². The zero-order chi connectivity index (χ0) is 8.60. The molecule has 0 unspecified atom stereocenters. The van der Waals surface area contributed by atoms with Crippen molar-refractivity contribution in [1.29, 1.82) is 0 Å². The third kappa shape index (κ3) is 1.07. The van der Waals surface area contributed by atoms with Gasteiger partial charge in [0.05, 0.1) is 5.44 Å². The molecule has 1 aliphatic rings. The van der Waals surface area contributed by atoms with Crippen molar-refractivity contribution in [3.8, 4) is 0 Å². The SMILES string of the molecule is Cn1cccc1P1(=O)CC=CC1. The van der Waals surface area contributed by atoms with Gasteiger partial charge < -0.3 is 9.13 Å². The molecule has 1 aromatic heterocycles. The average Bonchev–Trinajstić information content (AvgIpc) is 2.59. The molecule has 0 spiro atoms. The number of aromatic nitrogens is 1. The molecule has 12 heavy (non-hydrogen) atoms. The molecule has 2 nitrogen and oxygen atoms in total. The van der Waals surface area contributed by atoms with Gasteiger partial charge in [0.1, 0.15) is 7.14 Å². The average molecular weight is 181 g/mol. The molecular formula is C9H12NOP. The molecule has 0 saturated carbocycles. The van der Waals surface area contributed by atoms with Gasteiger partial charge in [0, 0.05) is 25.6 Å². The molecule has 0 aromatic carbocycles. The minimum atomic E-state index is -2.06. The quantitative estimate of drug-likeness (QED) is 0.476. The summed E-state index contributed by atoms with van der Waals surface area (Å²) in [6.07, 6.45) is 7.48. The minimum Gasteiger partial charge on any atom is -0.348 e. The molecular weight excluding hydrogens is 169 g/mol. The van der Waals surface area contributed by atoms with Crippen LogP contribution in [0.25, 0.3) is 0 Å². The van der Waals surface area contributed by atoms with Crippen LogP contribution in [0.3, 0.4) is 0 Å². The first kappa shape index (κ1) is 7.88. The Morgan fingerprint density at radius 2 is 2.08 bits per heavy atom. The molecule has 0 radical (unpaired) electrons. The Morgan fingerprint density at radius 3 is 2.58 bits per heavy atom. The van der Waals surface area contributed by atoms with E-state index in [1.54, 1.807) is 0 Å². The van der Waals surface area contributed by atoms with E-state index in [9.17, 15) is 4.57 Å². The number of rotatable bonds is 1. The van der Waals surface area contributed by atoms with E-state index in [1.807, 2.05) is 42.1 Å². The van der Waals surface area contributed by atoms with Crippen molar-refractivity contribution in [3.63, 3.8) is 0 Å². The van der Waals surface area contributed by atoms with Crippen molar-refractivity contribution < 1.29 is 4.57 Å². The van der Waals surface area contributed by atoms with Gasteiger partial charge in [-0.1, -0.05) is 12.2 Å². The number of nitrogens with zero attached hydrogens (tertiary/aromatic N) is 1. The van der Waals surface area contributed by atoms with Crippen molar-refractivity contribution in [2.75, 3.05) is 12.3 Å². The zero-order valence-electron chi connectivity index (χ0n) is 7.10. The normalized spacial score (nSPS) is 20.1. The fourth-order valence-electron chi connectivity index (χ4n) is 1.63. The predicted molar refractivity (Wildman–Crippen MR) is 51.5 cm³/mol. The third-order valence-electron chi connectivity index (χ3n) is 2.30. The second-order valence-electron chi connectivity index (χ2n) is 3.20. The van der Waals surface area contributed by atoms with Gasteiger partial charge in [0.15, 0.2) is 0 Å². The Kier molecular flexibility index (Phi) is 1.73. The van der Waals surface area contributed by atoms with Crippen molar-refractivity contribution in [1.82, 2.24) is 4.57 Å². The van der Waals surface area contributed by atoms with Gasteiger partial charge >= 0.3 is 0 Å². The molecule has 0 bridgehead atoms. The zero-order valence-corrected chi connectivity index (χ0v) is 8.00. The van der Waals surface area contributed by atoms with E-state index in [2.05, 4.69) is 0 Å². The van der Waals surface area contributed by atoms with Gasteiger partial charge in [0.25, 0.3) is 0 Å². The van der Waals surface area contributed by atoms with Crippen molar-refractivity contribution >= 4 is 12.6 Å². The van der Waals surface area contributed by atoms with Crippen LogP contribution in [0.4, 0.5) is 0 Å². The highest BCUT2D eigenvalue weighted by molar-refractivity contribution is 7.72. The van der Waals surface area contributed by atoms with Gasteiger partial charge in [-0.25, -0.2) is 0 Å². The summed E-state index contributed by atoms with van der Waals surface area (Å²) in [6, 6.07) is 3.92. The second-order valence-corrected chi connectivity index (χ2v) is 6.17. The lowest BCUT2D eigenvalue weighted by Crippen LogP contribution is -2.14. The summed E-state index contributed by atoms with van der Waals surface area (Å²) >= 11 is 0. The van der Waals surface area contributed by atoms with Gasteiger partial charge in [0.2, 0.25) is 0 Å². The molecule has 2 heterocycles. The van der Waals surface area contributed by atoms with Crippen LogP contribution >= 0.6 is 7.14 Å². The third-order valence-corrected chi connectivity index (χ3v) is 5.20. The Hall–Kier alpha value is -0.750. The molecule has 64 valence electrons. The lowest BCUT2D eigenvalue weighted by Gasteiger charge is -2.11. The van der Waals surface area contributed by atoms with Crippen LogP contribution in [0.5, 0.6) is 0 Å². The number of hydrogen-bond acceptors (Lipinski definition) is 1. The summed E-state index contributed by atoms with van der Waals surface area (Å²) in [5.74, 6) is 0. The van der Waals surface area contributed by atoms with E-state index in [4.69, 9.17) is 0 Å². The number of hydrogen-bond donors (Lipinski definition) is 0. The van der Waals surface area contributed by atoms with E-state index in [0.717, 1.165) is 17.8 Å². The lowest BCUT2D eigenvalue weighted by molar-refractivity contribution is 0.584. The fourth-order valence-corrected chi connectivity index (χ4v) is 4.13. The summed E-state index contributed by atoms with van der Waals surface area (Å²) in [5, 5.41) is 0. The monoisotopic (exact) mass is 181 g/mol. The first-order chi connectivity index (χ1) is 5.72. The largest absolute Gasteiger partial charge is 0.348 e. The fraction of sp³-hybridized carbons (Fsp3) is 0.333.